The van der Waals surface area contributed by atoms with Crippen molar-refractivity contribution in [1.82, 2.24) is 10.3 Å². The number of carbonyl (C=O) groups is 2. The van der Waals surface area contributed by atoms with Gasteiger partial charge >= 0.3 is 5.97 Å². The normalized spacial score (nSPS) is 12.8. The van der Waals surface area contributed by atoms with Crippen molar-refractivity contribution in [2.45, 2.75) is 18.9 Å². The van der Waals surface area contributed by atoms with Crippen LogP contribution in [-0.4, -0.2) is 34.1 Å². The minimum Gasteiger partial charge on any atom is -0.491 e. The Labute approximate surface area is 177 Å². The molecule has 150 valence electrons. The van der Waals surface area contributed by atoms with Gasteiger partial charge in [-0.25, -0.2) is 9.78 Å². The summed E-state index contributed by atoms with van der Waals surface area (Å²) in [6.07, 6.45) is -0.0364. The molecule has 3 rings (SSSR count). The minimum atomic E-state index is -1.57. The summed E-state index contributed by atoms with van der Waals surface area (Å²) in [7, 11) is 0. The summed E-state index contributed by atoms with van der Waals surface area (Å²) in [5.74, 6) is -1.10. The lowest BCUT2D eigenvalue weighted by Crippen LogP contribution is -2.56. The van der Waals surface area contributed by atoms with Gasteiger partial charge in [-0.3, -0.25) is 4.79 Å². The van der Waals surface area contributed by atoms with E-state index in [2.05, 4.69) is 10.3 Å². The van der Waals surface area contributed by atoms with Crippen molar-refractivity contribution < 1.29 is 19.4 Å². The molecule has 0 aliphatic rings. The van der Waals surface area contributed by atoms with Gasteiger partial charge in [0.15, 0.2) is 5.54 Å². The summed E-state index contributed by atoms with van der Waals surface area (Å²) in [6, 6.07) is 16.1. The molecule has 8 heteroatoms. The molecule has 1 unspecified atom stereocenters. The molecule has 0 fully saturated rings. The number of hydrogen-bond donors (Lipinski definition) is 2. The minimum absolute atomic E-state index is 0.0364. The molecule has 0 saturated heterocycles. The number of halogens is 1. The molecule has 6 nitrogen and oxygen atoms in total. The number of nitrogens with zero attached hydrogens (tertiary/aromatic N) is 1. The van der Waals surface area contributed by atoms with Crippen LogP contribution in [0.5, 0.6) is 5.75 Å². The van der Waals surface area contributed by atoms with Gasteiger partial charge in [-0.05, 0) is 31.2 Å². The molecule has 0 aliphatic heterocycles. The fourth-order valence-electron chi connectivity index (χ4n) is 2.55. The van der Waals surface area contributed by atoms with Crippen LogP contribution in [0, 0.1) is 0 Å². The van der Waals surface area contributed by atoms with Crippen LogP contribution < -0.4 is 10.1 Å². The molecule has 29 heavy (non-hydrogen) atoms. The summed E-state index contributed by atoms with van der Waals surface area (Å²) < 4.78 is 5.54. The van der Waals surface area contributed by atoms with Crippen molar-refractivity contribution in [3.63, 3.8) is 0 Å². The molecule has 2 aromatic carbocycles. The number of thiazole rings is 1. The molecule has 1 atom stereocenters. The van der Waals surface area contributed by atoms with Gasteiger partial charge in [-0.15, -0.1) is 11.3 Å². The Hall–Kier alpha value is -2.90. The average molecular weight is 431 g/mol. The predicted octanol–water partition coefficient (Wildman–Crippen LogP) is 4.04. The number of carboxylic acid groups (broad SMARTS) is 1. The second-order valence-corrected chi connectivity index (χ2v) is 7.91. The number of aliphatic carboxylic acids is 1. The van der Waals surface area contributed by atoms with E-state index >= 15 is 0 Å². The Bertz CT molecular complexity index is 1010. The maximum absolute atomic E-state index is 12.5. The molecule has 1 amide bonds. The Morgan fingerprint density at radius 3 is 2.66 bits per heavy atom. The van der Waals surface area contributed by atoms with Gasteiger partial charge in [0.25, 0.3) is 0 Å². The van der Waals surface area contributed by atoms with Crippen molar-refractivity contribution in [2.24, 2.45) is 0 Å². The third-order valence-corrected chi connectivity index (χ3v) is 5.30. The molecule has 3 aromatic rings. The molecular formula is C21H19ClN2O4S. The first kappa shape index (κ1) is 20.8. The fraction of sp³-hybridized carbons (Fsp3) is 0.190. The Balaban J connectivity index is 1.64. The molecule has 0 saturated carbocycles. The number of aromatic nitrogens is 1. The third-order valence-electron chi connectivity index (χ3n) is 4.12. The Kier molecular flexibility index (Phi) is 6.51. The average Bonchev–Trinajstić information content (AvgIpc) is 3.15. The topological polar surface area (TPSA) is 88.5 Å². The van der Waals surface area contributed by atoms with E-state index < -0.39 is 17.4 Å². The van der Waals surface area contributed by atoms with E-state index in [1.807, 2.05) is 18.2 Å². The van der Waals surface area contributed by atoms with Crippen molar-refractivity contribution in [3.05, 3.63) is 70.7 Å². The fourth-order valence-corrected chi connectivity index (χ4v) is 3.56. The zero-order chi connectivity index (χ0) is 20.9. The van der Waals surface area contributed by atoms with Crippen LogP contribution in [0.3, 0.4) is 0 Å². The highest BCUT2D eigenvalue weighted by molar-refractivity contribution is 7.13. The summed E-state index contributed by atoms with van der Waals surface area (Å²) >= 11 is 7.40. The van der Waals surface area contributed by atoms with Crippen molar-refractivity contribution in [2.75, 3.05) is 6.61 Å². The van der Waals surface area contributed by atoms with Crippen LogP contribution in [0.2, 0.25) is 5.02 Å². The second kappa shape index (κ2) is 9.07. The van der Waals surface area contributed by atoms with Gasteiger partial charge in [-0.2, -0.15) is 0 Å². The SMILES string of the molecule is CC(COc1ccccc1)(NC(=O)Cc1csc(-c2cccc(Cl)c2)n1)C(=O)O. The number of carboxylic acids is 1. The maximum atomic E-state index is 12.5. The van der Waals surface area contributed by atoms with E-state index in [4.69, 9.17) is 16.3 Å². The van der Waals surface area contributed by atoms with Gasteiger partial charge in [0, 0.05) is 16.0 Å². The molecule has 1 aromatic heterocycles. The van der Waals surface area contributed by atoms with Crippen LogP contribution >= 0.6 is 22.9 Å². The van der Waals surface area contributed by atoms with Crippen LogP contribution in [0.25, 0.3) is 10.6 Å². The predicted molar refractivity (Wildman–Crippen MR) is 112 cm³/mol. The van der Waals surface area contributed by atoms with E-state index in [-0.39, 0.29) is 13.0 Å². The van der Waals surface area contributed by atoms with Gasteiger partial charge in [0.2, 0.25) is 5.91 Å². The molecule has 2 N–H and O–H groups in total. The number of carbonyl (C=O) groups excluding carboxylic acids is 1. The van der Waals surface area contributed by atoms with Crippen LogP contribution in [0.15, 0.2) is 60.0 Å². The summed E-state index contributed by atoms with van der Waals surface area (Å²) in [6.45, 7) is 1.21. The van der Waals surface area contributed by atoms with Crippen LogP contribution in [0.1, 0.15) is 12.6 Å². The lowest BCUT2D eigenvalue weighted by atomic mass is 10.0. The maximum Gasteiger partial charge on any atom is 0.332 e. The van der Waals surface area contributed by atoms with E-state index in [0.29, 0.717) is 16.5 Å². The summed E-state index contributed by atoms with van der Waals surface area (Å²) in [5.41, 5.74) is -0.154. The standard InChI is InChI=1S/C21H19ClN2O4S/c1-21(20(26)27,13-28-17-8-3-2-4-9-17)24-18(25)11-16-12-29-19(23-16)14-6-5-7-15(22)10-14/h2-10,12H,11,13H2,1H3,(H,24,25)(H,26,27). The smallest absolute Gasteiger partial charge is 0.332 e. The first-order chi connectivity index (χ1) is 13.9. The van der Waals surface area contributed by atoms with Gasteiger partial charge in [0.05, 0.1) is 12.1 Å². The number of nitrogens with one attached hydrogen (secondary N) is 1. The number of rotatable bonds is 8. The molecule has 0 aliphatic carbocycles. The number of benzene rings is 2. The van der Waals surface area contributed by atoms with Gasteiger partial charge in [-0.1, -0.05) is 41.9 Å². The van der Waals surface area contributed by atoms with E-state index in [9.17, 15) is 14.7 Å². The first-order valence-corrected chi connectivity index (χ1v) is 10.0. The molecule has 1 heterocycles. The van der Waals surface area contributed by atoms with Crippen molar-refractivity contribution in [3.8, 4) is 16.3 Å². The zero-order valence-electron chi connectivity index (χ0n) is 15.6. The Morgan fingerprint density at radius 2 is 1.97 bits per heavy atom. The van der Waals surface area contributed by atoms with Gasteiger partial charge in [0.1, 0.15) is 17.4 Å². The van der Waals surface area contributed by atoms with E-state index in [0.717, 1.165) is 10.6 Å². The third kappa shape index (κ3) is 5.56. The highest BCUT2D eigenvalue weighted by atomic mass is 35.5. The van der Waals surface area contributed by atoms with Crippen LogP contribution in [-0.2, 0) is 16.0 Å². The first-order valence-electron chi connectivity index (χ1n) is 8.78. The quantitative estimate of drug-likeness (QED) is 0.563. The molecule has 0 bridgehead atoms. The highest BCUT2D eigenvalue weighted by Crippen LogP contribution is 2.26. The summed E-state index contributed by atoms with van der Waals surface area (Å²) in [5, 5.41) is 15.2. The molecule has 0 spiro atoms. The number of ether oxygens (including phenoxy) is 1. The van der Waals surface area contributed by atoms with Crippen molar-refractivity contribution in [1.29, 1.82) is 0 Å². The highest BCUT2D eigenvalue weighted by Gasteiger charge is 2.36. The monoisotopic (exact) mass is 430 g/mol. The van der Waals surface area contributed by atoms with E-state index in [1.165, 1.54) is 18.3 Å². The lowest BCUT2D eigenvalue weighted by molar-refractivity contribution is -0.148. The van der Waals surface area contributed by atoms with Gasteiger partial charge < -0.3 is 15.2 Å². The molecular weight excluding hydrogens is 412 g/mol. The number of amides is 1. The summed E-state index contributed by atoms with van der Waals surface area (Å²) in [4.78, 5) is 28.6. The number of hydrogen-bond acceptors (Lipinski definition) is 5. The molecule has 0 radical (unpaired) electrons. The Morgan fingerprint density at radius 1 is 1.21 bits per heavy atom. The van der Waals surface area contributed by atoms with E-state index in [1.54, 1.807) is 41.8 Å². The zero-order valence-corrected chi connectivity index (χ0v) is 17.2. The van der Waals surface area contributed by atoms with Crippen LogP contribution in [0.4, 0.5) is 0 Å². The number of para-hydroxylation sites is 1. The largest absolute Gasteiger partial charge is 0.491 e. The second-order valence-electron chi connectivity index (χ2n) is 6.62. The lowest BCUT2D eigenvalue weighted by Gasteiger charge is -2.26. The van der Waals surface area contributed by atoms with Crippen molar-refractivity contribution >= 4 is 34.8 Å².